The first-order valence-corrected chi connectivity index (χ1v) is 6.81. The lowest BCUT2D eigenvalue weighted by molar-refractivity contribution is 0.0699. The maximum atomic E-state index is 11.3. The van der Waals surface area contributed by atoms with Crippen molar-refractivity contribution in [2.45, 2.75) is 0 Å². The Morgan fingerprint density at radius 2 is 1.65 bits per heavy atom. The largest absolute Gasteiger partial charge is 0.508 e. The molecule has 0 heterocycles. The van der Waals surface area contributed by atoms with Crippen molar-refractivity contribution in [2.75, 3.05) is 0 Å². The van der Waals surface area contributed by atoms with E-state index >= 15 is 0 Å². The fourth-order valence-electron chi connectivity index (χ4n) is 2.39. The fraction of sp³-hybridized carbons (Fsp3) is 0. The van der Waals surface area contributed by atoms with Gasteiger partial charge < -0.3 is 14.9 Å². The average molecular weight is 308 g/mol. The van der Waals surface area contributed by atoms with Crippen LogP contribution in [0.2, 0.25) is 0 Å². The van der Waals surface area contributed by atoms with Gasteiger partial charge in [-0.25, -0.2) is 4.79 Å². The Morgan fingerprint density at radius 3 is 2.35 bits per heavy atom. The van der Waals surface area contributed by atoms with Crippen LogP contribution < -0.4 is 4.74 Å². The van der Waals surface area contributed by atoms with E-state index in [4.69, 9.17) is 4.74 Å². The van der Waals surface area contributed by atoms with Crippen LogP contribution in [-0.4, -0.2) is 22.5 Å². The lowest BCUT2D eigenvalue weighted by Crippen LogP contribution is -1.98. The topological polar surface area (TPSA) is 83.8 Å². The summed E-state index contributed by atoms with van der Waals surface area (Å²) < 4.78 is 5.77. The molecule has 5 nitrogen and oxygen atoms in total. The lowest BCUT2D eigenvalue weighted by atomic mass is 10.0. The molecule has 5 heteroatoms. The summed E-state index contributed by atoms with van der Waals surface area (Å²) in [6.45, 7) is 0. The summed E-state index contributed by atoms with van der Waals surface area (Å²) in [4.78, 5) is 22.4. The number of rotatable bonds is 4. The summed E-state index contributed by atoms with van der Waals surface area (Å²) in [5.74, 6) is -0.345. The van der Waals surface area contributed by atoms with E-state index in [0.717, 1.165) is 0 Å². The Morgan fingerprint density at radius 1 is 0.957 bits per heavy atom. The Kier molecular flexibility index (Phi) is 3.68. The Hall–Kier alpha value is -3.34. The molecule has 0 aliphatic carbocycles. The highest BCUT2D eigenvalue weighted by Gasteiger charge is 2.13. The normalized spacial score (nSPS) is 10.4. The van der Waals surface area contributed by atoms with Gasteiger partial charge in [-0.05, 0) is 35.7 Å². The number of aromatic carboxylic acids is 1. The van der Waals surface area contributed by atoms with Crippen LogP contribution in [0.3, 0.4) is 0 Å². The molecule has 3 aromatic carbocycles. The monoisotopic (exact) mass is 308 g/mol. The maximum Gasteiger partial charge on any atom is 0.336 e. The molecule has 23 heavy (non-hydrogen) atoms. The second-order valence-electron chi connectivity index (χ2n) is 4.90. The highest BCUT2D eigenvalue weighted by molar-refractivity contribution is 6.05. The molecule has 114 valence electrons. The molecule has 0 aliphatic heterocycles. The standard InChI is InChI=1S/C18H12O5/c19-10-11-9-12(20)5-7-16(11)23-17-8-6-15(18(21)22)13-3-1-2-4-14(13)17/h1-10,20H,(H,21,22). The van der Waals surface area contributed by atoms with E-state index in [9.17, 15) is 19.8 Å². The molecule has 0 bridgehead atoms. The van der Waals surface area contributed by atoms with Crippen LogP contribution in [0.1, 0.15) is 20.7 Å². The molecule has 0 fully saturated rings. The van der Waals surface area contributed by atoms with Crippen LogP contribution in [0, 0.1) is 0 Å². The van der Waals surface area contributed by atoms with Crippen LogP contribution in [0.15, 0.2) is 54.6 Å². The molecular weight excluding hydrogens is 296 g/mol. The number of hydrogen-bond acceptors (Lipinski definition) is 4. The van der Waals surface area contributed by atoms with Crippen molar-refractivity contribution >= 4 is 23.0 Å². The van der Waals surface area contributed by atoms with Gasteiger partial charge >= 0.3 is 5.97 Å². The number of carboxylic acid groups (broad SMARTS) is 1. The zero-order chi connectivity index (χ0) is 16.4. The number of phenols is 1. The third-order valence-electron chi connectivity index (χ3n) is 3.45. The number of carboxylic acids is 1. The molecule has 0 amide bonds. The third kappa shape index (κ3) is 2.72. The fourth-order valence-corrected chi connectivity index (χ4v) is 2.39. The average Bonchev–Trinajstić information content (AvgIpc) is 2.56. The highest BCUT2D eigenvalue weighted by atomic mass is 16.5. The minimum Gasteiger partial charge on any atom is -0.508 e. The van der Waals surface area contributed by atoms with Crippen molar-refractivity contribution in [1.29, 1.82) is 0 Å². The first kappa shape index (κ1) is 14.6. The molecular formula is C18H12O5. The Bertz CT molecular complexity index is 914. The van der Waals surface area contributed by atoms with Crippen LogP contribution >= 0.6 is 0 Å². The SMILES string of the molecule is O=Cc1cc(O)ccc1Oc1ccc(C(=O)O)c2ccccc12. The summed E-state index contributed by atoms with van der Waals surface area (Å²) in [7, 11) is 0. The number of benzene rings is 3. The van der Waals surface area contributed by atoms with Crippen molar-refractivity contribution in [2.24, 2.45) is 0 Å². The van der Waals surface area contributed by atoms with Gasteiger partial charge in [-0.1, -0.05) is 24.3 Å². The molecule has 0 saturated heterocycles. The number of phenolic OH excluding ortho intramolecular Hbond substituents is 1. The van der Waals surface area contributed by atoms with Crippen molar-refractivity contribution in [1.82, 2.24) is 0 Å². The van der Waals surface area contributed by atoms with E-state index in [0.29, 0.717) is 22.8 Å². The summed E-state index contributed by atoms with van der Waals surface area (Å²) in [6, 6.07) is 14.2. The minimum atomic E-state index is -1.02. The van der Waals surface area contributed by atoms with Gasteiger partial charge in [0.15, 0.2) is 6.29 Å². The van der Waals surface area contributed by atoms with E-state index in [1.807, 2.05) is 0 Å². The van der Waals surface area contributed by atoms with E-state index in [1.165, 1.54) is 24.3 Å². The summed E-state index contributed by atoms with van der Waals surface area (Å²) >= 11 is 0. The highest BCUT2D eigenvalue weighted by Crippen LogP contribution is 2.34. The minimum absolute atomic E-state index is 0.0365. The summed E-state index contributed by atoms with van der Waals surface area (Å²) in [5, 5.41) is 19.9. The smallest absolute Gasteiger partial charge is 0.336 e. The van der Waals surface area contributed by atoms with Gasteiger partial charge in [0.2, 0.25) is 0 Å². The molecule has 2 N–H and O–H groups in total. The van der Waals surface area contributed by atoms with Gasteiger partial charge in [-0.3, -0.25) is 4.79 Å². The van der Waals surface area contributed by atoms with Gasteiger partial charge in [0.1, 0.15) is 17.2 Å². The molecule has 0 saturated carbocycles. The molecule has 0 atom stereocenters. The second kappa shape index (κ2) is 5.81. The van der Waals surface area contributed by atoms with Crippen molar-refractivity contribution < 1.29 is 24.5 Å². The number of hydrogen-bond donors (Lipinski definition) is 2. The molecule has 0 radical (unpaired) electrons. The first-order valence-electron chi connectivity index (χ1n) is 6.81. The van der Waals surface area contributed by atoms with Crippen LogP contribution in [0.4, 0.5) is 0 Å². The molecule has 0 unspecified atom stereocenters. The van der Waals surface area contributed by atoms with Gasteiger partial charge in [0, 0.05) is 5.39 Å². The van der Waals surface area contributed by atoms with E-state index < -0.39 is 5.97 Å². The summed E-state index contributed by atoms with van der Waals surface area (Å²) in [5.41, 5.74) is 0.380. The van der Waals surface area contributed by atoms with Crippen LogP contribution in [0.5, 0.6) is 17.2 Å². The second-order valence-corrected chi connectivity index (χ2v) is 4.90. The molecule has 3 rings (SSSR count). The quantitative estimate of drug-likeness (QED) is 0.715. The first-order chi connectivity index (χ1) is 11.1. The van der Waals surface area contributed by atoms with E-state index in [1.54, 1.807) is 30.3 Å². The van der Waals surface area contributed by atoms with Gasteiger partial charge in [-0.15, -0.1) is 0 Å². The zero-order valence-electron chi connectivity index (χ0n) is 11.9. The third-order valence-corrected chi connectivity index (χ3v) is 3.45. The predicted molar refractivity (Wildman–Crippen MR) is 84.5 cm³/mol. The number of aromatic hydroxyl groups is 1. The number of carbonyl (C=O) groups is 2. The van der Waals surface area contributed by atoms with Crippen LogP contribution in [0.25, 0.3) is 10.8 Å². The molecule has 0 aromatic heterocycles. The van der Waals surface area contributed by atoms with Gasteiger partial charge in [-0.2, -0.15) is 0 Å². The maximum absolute atomic E-state index is 11.3. The zero-order valence-corrected chi connectivity index (χ0v) is 11.9. The lowest BCUT2D eigenvalue weighted by Gasteiger charge is -2.12. The predicted octanol–water partition coefficient (Wildman–Crippen LogP) is 3.85. The van der Waals surface area contributed by atoms with Crippen molar-refractivity contribution in [3.63, 3.8) is 0 Å². The van der Waals surface area contributed by atoms with Crippen LogP contribution in [-0.2, 0) is 0 Å². The van der Waals surface area contributed by atoms with E-state index in [2.05, 4.69) is 0 Å². The van der Waals surface area contributed by atoms with Crippen molar-refractivity contribution in [3.05, 3.63) is 65.7 Å². The molecule has 0 spiro atoms. The molecule has 3 aromatic rings. The van der Waals surface area contributed by atoms with E-state index in [-0.39, 0.29) is 22.6 Å². The number of aldehydes is 1. The van der Waals surface area contributed by atoms with Gasteiger partial charge in [0.05, 0.1) is 11.1 Å². The molecule has 0 aliphatic rings. The number of ether oxygens (including phenoxy) is 1. The summed E-state index contributed by atoms with van der Waals surface area (Å²) in [6.07, 6.45) is 0.586. The van der Waals surface area contributed by atoms with Crippen molar-refractivity contribution in [3.8, 4) is 17.2 Å². The number of carbonyl (C=O) groups excluding carboxylic acids is 1. The number of fused-ring (bicyclic) bond motifs is 1. The Balaban J connectivity index is 2.13. The Labute approximate surface area is 131 Å². The van der Waals surface area contributed by atoms with Gasteiger partial charge in [0.25, 0.3) is 0 Å².